The van der Waals surface area contributed by atoms with Gasteiger partial charge in [0.05, 0.1) is 20.0 Å². The molecule has 2 bridgehead atoms. The zero-order valence-electron chi connectivity index (χ0n) is 19.4. The molecule has 1 aliphatic heterocycles. The predicted molar refractivity (Wildman–Crippen MR) is 147 cm³/mol. The number of rotatable bonds is 5. The molecule has 2 heterocycles. The standard InChI is InChI=1S/C25H23Cl2N3O4S3/c26-17-3-1-2-16(21(17)27)20-19-12-4-5-13(10-12)22(19)35-24-23(20)36-25(32)30(24)11-18(31)29-14-6-8-15(9-7-14)37(28,33)34/h1-3,6-9,12-13,19-20,22H,4-5,10-11H2,(H,29,31)(H2,28,33,34)/t12-,13-,19-,20-,22+/m0/s1. The van der Waals surface area contributed by atoms with E-state index in [9.17, 15) is 18.0 Å². The molecule has 1 aromatic heterocycles. The lowest BCUT2D eigenvalue weighted by molar-refractivity contribution is -0.116. The van der Waals surface area contributed by atoms with E-state index in [-0.39, 0.29) is 28.1 Å². The van der Waals surface area contributed by atoms with E-state index >= 15 is 0 Å². The van der Waals surface area contributed by atoms with E-state index in [1.54, 1.807) is 22.4 Å². The Hall–Kier alpha value is -1.82. The van der Waals surface area contributed by atoms with E-state index in [0.29, 0.717) is 38.7 Å². The van der Waals surface area contributed by atoms with Gasteiger partial charge in [0.1, 0.15) is 6.54 Å². The van der Waals surface area contributed by atoms with Crippen molar-refractivity contribution in [3.05, 3.63) is 72.6 Å². The maximum absolute atomic E-state index is 13.2. The average molecular weight is 597 g/mol. The molecule has 194 valence electrons. The number of nitrogens with zero attached hydrogens (tertiary/aromatic N) is 1. The Balaban J connectivity index is 1.34. The third-order valence-electron chi connectivity index (χ3n) is 7.78. The molecule has 2 saturated carbocycles. The number of hydrogen-bond acceptors (Lipinski definition) is 6. The summed E-state index contributed by atoms with van der Waals surface area (Å²) in [7, 11) is -3.83. The van der Waals surface area contributed by atoms with Crippen molar-refractivity contribution in [3.63, 3.8) is 0 Å². The Morgan fingerprint density at radius 1 is 1.11 bits per heavy atom. The van der Waals surface area contributed by atoms with E-state index in [1.807, 2.05) is 12.1 Å². The highest BCUT2D eigenvalue weighted by atomic mass is 35.5. The molecule has 0 spiro atoms. The molecule has 12 heteroatoms. The monoisotopic (exact) mass is 595 g/mol. The molecular formula is C25H23Cl2N3O4S3. The number of carbonyl (C=O) groups excluding carboxylic acids is 1. The third-order valence-corrected chi connectivity index (χ3v) is 12.4. The quantitative estimate of drug-likeness (QED) is 0.423. The molecule has 3 N–H and O–H groups in total. The Kier molecular flexibility index (Phi) is 6.49. The van der Waals surface area contributed by atoms with Crippen LogP contribution in [0.3, 0.4) is 0 Å². The van der Waals surface area contributed by atoms with Gasteiger partial charge in [0.2, 0.25) is 15.9 Å². The highest BCUT2D eigenvalue weighted by molar-refractivity contribution is 8.00. The zero-order chi connectivity index (χ0) is 26.1. The number of thioether (sulfide) groups is 1. The largest absolute Gasteiger partial charge is 0.325 e. The number of primary sulfonamides is 1. The normalized spacial score (nSPS) is 26.1. The maximum Gasteiger partial charge on any atom is 0.308 e. The van der Waals surface area contributed by atoms with Crippen LogP contribution in [0.2, 0.25) is 10.0 Å². The van der Waals surface area contributed by atoms with Crippen molar-refractivity contribution < 1.29 is 13.2 Å². The first kappa shape index (κ1) is 25.5. The number of sulfonamides is 1. The molecular weight excluding hydrogens is 573 g/mol. The van der Waals surface area contributed by atoms with Crippen molar-refractivity contribution >= 4 is 67.9 Å². The van der Waals surface area contributed by atoms with Crippen molar-refractivity contribution in [3.8, 4) is 0 Å². The first-order valence-electron chi connectivity index (χ1n) is 11.9. The van der Waals surface area contributed by atoms with Gasteiger partial charge >= 0.3 is 4.87 Å². The summed E-state index contributed by atoms with van der Waals surface area (Å²) in [6.07, 6.45) is 3.57. The molecule has 3 aromatic rings. The van der Waals surface area contributed by atoms with Crippen LogP contribution in [0.1, 0.15) is 35.6 Å². The van der Waals surface area contributed by atoms with Crippen LogP contribution < -0.4 is 15.3 Å². The number of amides is 1. The third kappa shape index (κ3) is 4.45. The van der Waals surface area contributed by atoms with Crippen LogP contribution in [0.15, 0.2) is 57.2 Å². The van der Waals surface area contributed by atoms with Crippen molar-refractivity contribution in [2.75, 3.05) is 5.32 Å². The minimum atomic E-state index is -3.83. The summed E-state index contributed by atoms with van der Waals surface area (Å²) in [5, 5.41) is 10.1. The summed E-state index contributed by atoms with van der Waals surface area (Å²) in [6, 6.07) is 11.3. The minimum Gasteiger partial charge on any atom is -0.325 e. The van der Waals surface area contributed by atoms with E-state index < -0.39 is 10.0 Å². The maximum atomic E-state index is 13.2. The molecule has 3 aliphatic rings. The van der Waals surface area contributed by atoms with Gasteiger partial charge < -0.3 is 5.32 Å². The zero-order valence-corrected chi connectivity index (χ0v) is 23.4. The van der Waals surface area contributed by atoms with Crippen LogP contribution in [0.25, 0.3) is 0 Å². The van der Waals surface area contributed by atoms with E-state index in [1.165, 1.54) is 54.9 Å². The lowest BCUT2D eigenvalue weighted by Gasteiger charge is -2.40. The highest BCUT2D eigenvalue weighted by Gasteiger charge is 2.55. The number of hydrogen-bond donors (Lipinski definition) is 2. The van der Waals surface area contributed by atoms with E-state index in [2.05, 4.69) is 5.32 Å². The van der Waals surface area contributed by atoms with E-state index in [4.69, 9.17) is 28.3 Å². The number of nitrogens with one attached hydrogen (secondary N) is 1. The number of fused-ring (bicyclic) bond motifs is 6. The van der Waals surface area contributed by atoms with Gasteiger partial charge in [0.25, 0.3) is 0 Å². The Morgan fingerprint density at radius 3 is 2.57 bits per heavy atom. The number of nitrogens with two attached hydrogens (primary N) is 1. The van der Waals surface area contributed by atoms with Gasteiger partial charge in [-0.15, -0.1) is 11.8 Å². The molecule has 0 saturated heterocycles. The summed E-state index contributed by atoms with van der Waals surface area (Å²) < 4.78 is 24.5. The fourth-order valence-electron chi connectivity index (χ4n) is 6.27. The van der Waals surface area contributed by atoms with Gasteiger partial charge in [-0.3, -0.25) is 14.2 Å². The molecule has 2 fully saturated rings. The number of carbonyl (C=O) groups is 1. The van der Waals surface area contributed by atoms with Crippen LogP contribution in [-0.2, 0) is 21.4 Å². The molecule has 0 radical (unpaired) electrons. The van der Waals surface area contributed by atoms with Gasteiger partial charge in [-0.05, 0) is 72.9 Å². The van der Waals surface area contributed by atoms with Crippen LogP contribution in [-0.4, -0.2) is 24.1 Å². The highest BCUT2D eigenvalue weighted by Crippen LogP contribution is 2.64. The SMILES string of the molecule is NS(=O)(=O)c1ccc(NC(=O)Cn2c3c(sc2=O)[C@@H](c2cccc(Cl)c2Cl)[C@@H]2[C@H]4CC[C@@H](C4)[C@H]2S3)cc1. The van der Waals surface area contributed by atoms with Crippen molar-refractivity contribution in [1.82, 2.24) is 4.57 Å². The molecule has 0 unspecified atom stereocenters. The molecule has 1 amide bonds. The van der Waals surface area contributed by atoms with Crippen LogP contribution >= 0.6 is 46.3 Å². The molecule has 7 nitrogen and oxygen atoms in total. The summed E-state index contributed by atoms with van der Waals surface area (Å²) in [4.78, 5) is 26.9. The molecule has 5 atom stereocenters. The average Bonchev–Trinajstić information content (AvgIpc) is 3.54. The summed E-state index contributed by atoms with van der Waals surface area (Å²) in [5.41, 5.74) is 1.37. The number of benzene rings is 2. The first-order valence-corrected chi connectivity index (χ1v) is 15.9. The van der Waals surface area contributed by atoms with Gasteiger partial charge in [-0.2, -0.15) is 0 Å². The van der Waals surface area contributed by atoms with Crippen molar-refractivity contribution in [2.45, 2.75) is 46.9 Å². The summed E-state index contributed by atoms with van der Waals surface area (Å²) >= 11 is 16.0. The van der Waals surface area contributed by atoms with Crippen molar-refractivity contribution in [2.24, 2.45) is 22.9 Å². The Labute approximate surface area is 232 Å². The lowest BCUT2D eigenvalue weighted by Crippen LogP contribution is -2.35. The Morgan fingerprint density at radius 2 is 1.84 bits per heavy atom. The van der Waals surface area contributed by atoms with Gasteiger partial charge in [-0.25, -0.2) is 13.6 Å². The van der Waals surface area contributed by atoms with Crippen molar-refractivity contribution in [1.29, 1.82) is 0 Å². The number of anilines is 1. The number of aromatic nitrogens is 1. The number of halogens is 2. The first-order chi connectivity index (χ1) is 17.6. The minimum absolute atomic E-state index is 0.0319. The van der Waals surface area contributed by atoms with Gasteiger partial charge in [0.15, 0.2) is 0 Å². The van der Waals surface area contributed by atoms with Crippen LogP contribution in [0.4, 0.5) is 5.69 Å². The molecule has 37 heavy (non-hydrogen) atoms. The molecule has 2 aromatic carbocycles. The topological polar surface area (TPSA) is 111 Å². The lowest BCUT2D eigenvalue weighted by atomic mass is 9.75. The number of thiazole rings is 1. The second-order valence-electron chi connectivity index (χ2n) is 9.85. The fraction of sp³-hybridized carbons (Fsp3) is 0.360. The Bertz CT molecular complexity index is 1570. The van der Waals surface area contributed by atoms with Gasteiger partial charge in [-0.1, -0.05) is 46.7 Å². The smallest absolute Gasteiger partial charge is 0.308 e. The predicted octanol–water partition coefficient (Wildman–Crippen LogP) is 5.16. The van der Waals surface area contributed by atoms with Gasteiger partial charge in [0, 0.05) is 21.7 Å². The fourth-order valence-corrected chi connectivity index (χ4v) is 10.4. The molecule has 6 rings (SSSR count). The van der Waals surface area contributed by atoms with Crippen LogP contribution in [0.5, 0.6) is 0 Å². The summed E-state index contributed by atoms with van der Waals surface area (Å²) in [5.74, 6) is 1.15. The molecule has 2 aliphatic carbocycles. The van der Waals surface area contributed by atoms with Crippen LogP contribution in [0, 0.1) is 17.8 Å². The van der Waals surface area contributed by atoms with E-state index in [0.717, 1.165) is 15.5 Å². The second kappa shape index (κ2) is 9.43. The summed E-state index contributed by atoms with van der Waals surface area (Å²) in [6.45, 7) is -0.143. The second-order valence-corrected chi connectivity index (χ2v) is 14.4.